The molecule has 0 fully saturated rings. The van der Waals surface area contributed by atoms with Gasteiger partial charge in [-0.1, -0.05) is 23.2 Å². The number of benzene rings is 2. The highest BCUT2D eigenvalue weighted by atomic mass is 32.2. The number of aromatic nitrogens is 1. The lowest BCUT2D eigenvalue weighted by Gasteiger charge is -2.10. The van der Waals surface area contributed by atoms with Gasteiger partial charge in [0, 0.05) is 17.0 Å². The number of carbonyl (C=O) groups excluding carboxylic acids is 1. The smallest absolute Gasteiger partial charge is 0.255 e. The number of aliphatic hydroxyl groups excluding tert-OH is 1. The number of nitrogens with one attached hydrogen (secondary N) is 1. The zero-order valence-electron chi connectivity index (χ0n) is 13.3. The molecule has 25 heavy (non-hydrogen) atoms. The van der Waals surface area contributed by atoms with Crippen molar-refractivity contribution >= 4 is 44.2 Å². The van der Waals surface area contributed by atoms with Crippen LogP contribution in [0.5, 0.6) is 0 Å². The van der Waals surface area contributed by atoms with E-state index in [1.807, 2.05) is 6.07 Å². The number of hydrogen-bond donors (Lipinski definition) is 2. The van der Waals surface area contributed by atoms with E-state index < -0.39 is 11.1 Å². The highest BCUT2D eigenvalue weighted by Gasteiger charge is 2.11. The van der Waals surface area contributed by atoms with E-state index in [0.717, 1.165) is 10.2 Å². The van der Waals surface area contributed by atoms with Gasteiger partial charge in [-0.2, -0.15) is 0 Å². The molecule has 0 aliphatic rings. The van der Waals surface area contributed by atoms with E-state index in [0.29, 0.717) is 27.4 Å². The largest absolute Gasteiger partial charge is 0.772 e. The Morgan fingerprint density at radius 1 is 1.32 bits per heavy atom. The molecule has 8 heteroatoms. The van der Waals surface area contributed by atoms with Gasteiger partial charge in [-0.05, 0) is 42.3 Å². The molecule has 0 aliphatic heterocycles. The molecule has 2 aromatic carbocycles. The number of hydrogen-bond acceptors (Lipinski definition) is 6. The second kappa shape index (κ2) is 7.40. The second-order valence-corrected chi connectivity index (χ2v) is 7.51. The number of fused-ring (bicyclic) bond motifs is 1. The van der Waals surface area contributed by atoms with Gasteiger partial charge >= 0.3 is 0 Å². The van der Waals surface area contributed by atoms with E-state index in [9.17, 15) is 13.6 Å². The SMILES string of the molecule is Cc1cc(CS(=O)[O-])ccc1C(=O)Nc1ccc2sc(CO)nc2c1. The molecule has 3 rings (SSSR count). The van der Waals surface area contributed by atoms with Crippen LogP contribution in [0.1, 0.15) is 26.5 Å². The Morgan fingerprint density at radius 2 is 2.12 bits per heavy atom. The van der Waals surface area contributed by atoms with Crippen LogP contribution >= 0.6 is 11.3 Å². The van der Waals surface area contributed by atoms with Crippen LogP contribution in [0.3, 0.4) is 0 Å². The van der Waals surface area contributed by atoms with Crippen molar-refractivity contribution in [1.82, 2.24) is 4.98 Å². The molecule has 2 N–H and O–H groups in total. The maximum absolute atomic E-state index is 12.5. The number of nitrogens with zero attached hydrogens (tertiary/aromatic N) is 1. The number of carbonyl (C=O) groups is 1. The summed E-state index contributed by atoms with van der Waals surface area (Å²) < 4.78 is 22.5. The van der Waals surface area contributed by atoms with E-state index >= 15 is 0 Å². The zero-order valence-corrected chi connectivity index (χ0v) is 14.9. The highest BCUT2D eigenvalue weighted by Crippen LogP contribution is 2.25. The van der Waals surface area contributed by atoms with Crippen LogP contribution in [0, 0.1) is 6.92 Å². The third-order valence-electron chi connectivity index (χ3n) is 3.64. The van der Waals surface area contributed by atoms with E-state index in [-0.39, 0.29) is 18.3 Å². The molecular weight excluding hydrogens is 360 g/mol. The van der Waals surface area contributed by atoms with Crippen molar-refractivity contribution < 1.29 is 18.7 Å². The third kappa shape index (κ3) is 4.10. The fourth-order valence-corrected chi connectivity index (χ4v) is 3.78. The summed E-state index contributed by atoms with van der Waals surface area (Å²) in [5, 5.41) is 12.6. The van der Waals surface area contributed by atoms with Gasteiger partial charge in [-0.25, -0.2) is 4.98 Å². The summed E-state index contributed by atoms with van der Waals surface area (Å²) in [5.41, 5.74) is 3.16. The molecule has 1 amide bonds. The highest BCUT2D eigenvalue weighted by molar-refractivity contribution is 7.78. The maximum atomic E-state index is 12.5. The van der Waals surface area contributed by atoms with Crippen molar-refractivity contribution in [3.05, 3.63) is 58.1 Å². The standard InChI is InChI=1S/C17H16N2O4S2/c1-10-6-11(9-25(22)23)2-4-13(10)17(21)18-12-3-5-15-14(7-12)19-16(8-20)24-15/h2-7,20H,8-9H2,1H3,(H,18,21)(H,22,23)/p-1. The van der Waals surface area contributed by atoms with Gasteiger partial charge in [0.15, 0.2) is 0 Å². The predicted octanol–water partition coefficient (Wildman–Crippen LogP) is 2.73. The van der Waals surface area contributed by atoms with Crippen LogP contribution in [-0.2, 0) is 23.4 Å². The molecule has 130 valence electrons. The van der Waals surface area contributed by atoms with Crippen LogP contribution in [0.25, 0.3) is 10.2 Å². The minimum absolute atomic E-state index is 0.0730. The fraction of sp³-hybridized carbons (Fsp3) is 0.176. The quantitative estimate of drug-likeness (QED) is 0.668. The first-order chi connectivity index (χ1) is 12.0. The minimum Gasteiger partial charge on any atom is -0.772 e. The normalized spacial score (nSPS) is 12.3. The molecular formula is C17H15N2O4S2-. The van der Waals surface area contributed by atoms with Crippen LogP contribution in [0.2, 0.25) is 0 Å². The summed E-state index contributed by atoms with van der Waals surface area (Å²) in [4.78, 5) is 16.8. The van der Waals surface area contributed by atoms with Crippen LogP contribution in [0.15, 0.2) is 36.4 Å². The molecule has 1 atom stereocenters. The fourth-order valence-electron chi connectivity index (χ4n) is 2.53. The molecule has 1 unspecified atom stereocenters. The van der Waals surface area contributed by atoms with Crippen LogP contribution in [0.4, 0.5) is 5.69 Å². The van der Waals surface area contributed by atoms with Crippen LogP contribution in [-0.4, -0.2) is 24.8 Å². The lowest BCUT2D eigenvalue weighted by atomic mass is 10.1. The Bertz CT molecular complexity index is 968. The zero-order chi connectivity index (χ0) is 18.0. The van der Waals surface area contributed by atoms with Gasteiger partial charge in [-0.15, -0.1) is 11.3 Å². The predicted molar refractivity (Wildman–Crippen MR) is 97.3 cm³/mol. The Balaban J connectivity index is 1.80. The van der Waals surface area contributed by atoms with Gasteiger partial charge in [0.1, 0.15) is 5.01 Å². The lowest BCUT2D eigenvalue weighted by molar-refractivity contribution is 0.102. The molecule has 0 aliphatic carbocycles. The number of amides is 1. The first-order valence-electron chi connectivity index (χ1n) is 7.43. The summed E-state index contributed by atoms with van der Waals surface area (Å²) in [7, 11) is 0. The molecule has 0 radical (unpaired) electrons. The molecule has 3 aromatic rings. The molecule has 0 bridgehead atoms. The summed E-state index contributed by atoms with van der Waals surface area (Å²) in [6.45, 7) is 1.66. The van der Waals surface area contributed by atoms with Gasteiger partial charge in [0.2, 0.25) is 0 Å². The van der Waals surface area contributed by atoms with Gasteiger partial charge in [0.25, 0.3) is 5.91 Å². The first kappa shape index (κ1) is 17.7. The number of aryl methyl sites for hydroxylation is 1. The van der Waals surface area contributed by atoms with E-state index in [1.165, 1.54) is 11.3 Å². The van der Waals surface area contributed by atoms with E-state index in [4.69, 9.17) is 5.11 Å². The Morgan fingerprint density at radius 3 is 2.80 bits per heavy atom. The number of anilines is 1. The minimum atomic E-state index is -2.16. The third-order valence-corrected chi connectivity index (χ3v) is 5.24. The lowest BCUT2D eigenvalue weighted by Crippen LogP contribution is -2.13. The van der Waals surface area contributed by atoms with Gasteiger partial charge in [-0.3, -0.25) is 9.00 Å². The van der Waals surface area contributed by atoms with Crippen molar-refractivity contribution in [2.24, 2.45) is 0 Å². The maximum Gasteiger partial charge on any atom is 0.255 e. The van der Waals surface area contributed by atoms with Crippen molar-refractivity contribution in [3.8, 4) is 0 Å². The molecule has 1 heterocycles. The van der Waals surface area contributed by atoms with Crippen molar-refractivity contribution in [1.29, 1.82) is 0 Å². The van der Waals surface area contributed by atoms with Gasteiger partial charge in [0.05, 0.1) is 16.8 Å². The second-order valence-electron chi connectivity index (χ2n) is 5.50. The topological polar surface area (TPSA) is 102 Å². The molecule has 0 saturated carbocycles. The summed E-state index contributed by atoms with van der Waals surface area (Å²) >= 11 is -0.755. The Kier molecular flexibility index (Phi) is 5.24. The molecule has 0 saturated heterocycles. The van der Waals surface area contributed by atoms with Gasteiger partial charge < -0.3 is 15.0 Å². The number of thiazole rings is 1. The summed E-state index contributed by atoms with van der Waals surface area (Å²) in [5.74, 6) is -0.347. The Hall–Kier alpha value is -2.13. The number of aliphatic hydroxyl groups is 1. The summed E-state index contributed by atoms with van der Waals surface area (Å²) in [6.07, 6.45) is 0. The monoisotopic (exact) mass is 375 g/mol. The van der Waals surface area contributed by atoms with Crippen molar-refractivity contribution in [3.63, 3.8) is 0 Å². The Labute approximate surface area is 150 Å². The first-order valence-corrected chi connectivity index (χ1v) is 9.49. The average molecular weight is 375 g/mol. The number of rotatable bonds is 5. The van der Waals surface area contributed by atoms with E-state index in [2.05, 4.69) is 10.3 Å². The molecule has 1 aromatic heterocycles. The van der Waals surface area contributed by atoms with E-state index in [1.54, 1.807) is 37.3 Å². The molecule has 0 spiro atoms. The molecule has 6 nitrogen and oxygen atoms in total. The average Bonchev–Trinajstić information content (AvgIpc) is 2.96. The summed E-state index contributed by atoms with van der Waals surface area (Å²) in [6, 6.07) is 10.3. The van der Waals surface area contributed by atoms with Crippen molar-refractivity contribution in [2.45, 2.75) is 19.3 Å². The van der Waals surface area contributed by atoms with Crippen LogP contribution < -0.4 is 5.32 Å². The van der Waals surface area contributed by atoms with Crippen molar-refractivity contribution in [2.75, 3.05) is 5.32 Å².